The van der Waals surface area contributed by atoms with Crippen LogP contribution in [-0.2, 0) is 4.79 Å². The Hall–Kier alpha value is -3.09. The van der Waals surface area contributed by atoms with E-state index in [1.807, 2.05) is 38.1 Å². The lowest BCUT2D eigenvalue weighted by atomic mass is 9.90. The molecular formula is C25H26FNO4. The molecule has 2 aromatic carbocycles. The number of aliphatic carboxylic acids is 1. The first kappa shape index (κ1) is 22.6. The zero-order valence-electron chi connectivity index (χ0n) is 17.5. The molecule has 5 nitrogen and oxygen atoms in total. The SMILES string of the molecule is CC(C)c1nc2ccccc2c(-c2ccccc2F)c1/C=C/C(O)CC(O)CC(=O)O. The summed E-state index contributed by atoms with van der Waals surface area (Å²) in [5, 5.41) is 29.7. The molecule has 3 aromatic rings. The molecule has 162 valence electrons. The Bertz CT molecular complexity index is 1110. The van der Waals surface area contributed by atoms with Crippen molar-refractivity contribution in [2.75, 3.05) is 0 Å². The van der Waals surface area contributed by atoms with Crippen molar-refractivity contribution in [2.45, 2.75) is 44.8 Å². The van der Waals surface area contributed by atoms with Crippen molar-refractivity contribution in [3.63, 3.8) is 0 Å². The normalized spacial score (nSPS) is 13.7. The lowest BCUT2D eigenvalue weighted by Gasteiger charge is -2.18. The fourth-order valence-corrected chi connectivity index (χ4v) is 3.66. The van der Waals surface area contributed by atoms with E-state index in [-0.39, 0.29) is 18.2 Å². The zero-order chi connectivity index (χ0) is 22.5. The summed E-state index contributed by atoms with van der Waals surface area (Å²) in [5.74, 6) is -1.46. The Kier molecular flexibility index (Phi) is 7.15. The Labute approximate surface area is 180 Å². The van der Waals surface area contributed by atoms with Gasteiger partial charge in [0.15, 0.2) is 0 Å². The van der Waals surface area contributed by atoms with E-state index in [1.54, 1.807) is 24.3 Å². The highest BCUT2D eigenvalue weighted by Gasteiger charge is 2.20. The minimum absolute atomic E-state index is 0.0320. The van der Waals surface area contributed by atoms with Crippen molar-refractivity contribution < 1.29 is 24.5 Å². The van der Waals surface area contributed by atoms with E-state index in [9.17, 15) is 19.4 Å². The van der Waals surface area contributed by atoms with Crippen molar-refractivity contribution in [1.29, 1.82) is 0 Å². The summed E-state index contributed by atoms with van der Waals surface area (Å²) in [6.45, 7) is 3.99. The van der Waals surface area contributed by atoms with Crippen LogP contribution in [0.25, 0.3) is 28.1 Å². The number of carbonyl (C=O) groups is 1. The van der Waals surface area contributed by atoms with Gasteiger partial charge in [-0.2, -0.15) is 0 Å². The third-order valence-electron chi connectivity index (χ3n) is 5.06. The van der Waals surface area contributed by atoms with Crippen LogP contribution in [0.2, 0.25) is 0 Å². The van der Waals surface area contributed by atoms with Gasteiger partial charge in [-0.25, -0.2) is 4.39 Å². The molecule has 0 aliphatic heterocycles. The van der Waals surface area contributed by atoms with Crippen LogP contribution in [-0.4, -0.2) is 38.5 Å². The number of carboxylic acid groups (broad SMARTS) is 1. The number of hydrogen-bond donors (Lipinski definition) is 3. The lowest BCUT2D eigenvalue weighted by Crippen LogP contribution is -2.19. The smallest absolute Gasteiger partial charge is 0.305 e. The van der Waals surface area contributed by atoms with Gasteiger partial charge in [0.25, 0.3) is 0 Å². The topological polar surface area (TPSA) is 90.7 Å². The van der Waals surface area contributed by atoms with Gasteiger partial charge in [0.1, 0.15) is 5.82 Å². The van der Waals surface area contributed by atoms with E-state index in [0.717, 1.165) is 16.6 Å². The highest BCUT2D eigenvalue weighted by atomic mass is 19.1. The third-order valence-corrected chi connectivity index (χ3v) is 5.06. The standard InChI is InChI=1S/C25H26FNO4/c1-15(2)25-20(12-11-16(28)13-17(29)14-23(30)31)24(18-7-3-5-9-21(18)26)19-8-4-6-10-22(19)27-25/h3-12,15-17,28-29H,13-14H2,1-2H3,(H,30,31)/b12-11+. The Morgan fingerprint density at radius 1 is 1.10 bits per heavy atom. The molecule has 1 heterocycles. The summed E-state index contributed by atoms with van der Waals surface area (Å²) in [7, 11) is 0. The molecule has 6 heteroatoms. The predicted molar refractivity (Wildman–Crippen MR) is 119 cm³/mol. The quantitative estimate of drug-likeness (QED) is 0.486. The molecule has 3 rings (SSSR count). The fraction of sp³-hybridized carbons (Fsp3) is 0.280. The summed E-state index contributed by atoms with van der Waals surface area (Å²) < 4.78 is 14.8. The van der Waals surface area contributed by atoms with Gasteiger partial charge in [-0.05, 0) is 18.1 Å². The number of carboxylic acids is 1. The first-order chi connectivity index (χ1) is 14.8. The number of fused-ring (bicyclic) bond motifs is 1. The highest BCUT2D eigenvalue weighted by Crippen LogP contribution is 2.37. The second-order valence-corrected chi connectivity index (χ2v) is 7.85. The number of pyridine rings is 1. The van der Waals surface area contributed by atoms with Gasteiger partial charge in [0.05, 0.1) is 29.8 Å². The zero-order valence-corrected chi connectivity index (χ0v) is 17.5. The summed E-state index contributed by atoms with van der Waals surface area (Å²) >= 11 is 0. The summed E-state index contributed by atoms with van der Waals surface area (Å²) in [6, 6.07) is 14.0. The van der Waals surface area contributed by atoms with Crippen molar-refractivity contribution in [2.24, 2.45) is 0 Å². The molecule has 0 aliphatic rings. The van der Waals surface area contributed by atoms with E-state index >= 15 is 0 Å². The van der Waals surface area contributed by atoms with Gasteiger partial charge in [0.2, 0.25) is 0 Å². The van der Waals surface area contributed by atoms with Crippen LogP contribution >= 0.6 is 0 Å². The minimum atomic E-state index is -1.16. The van der Waals surface area contributed by atoms with Gasteiger partial charge in [0, 0.05) is 28.5 Å². The number of aliphatic hydroxyl groups excluding tert-OH is 2. The molecule has 31 heavy (non-hydrogen) atoms. The Morgan fingerprint density at radius 2 is 1.77 bits per heavy atom. The molecule has 0 saturated carbocycles. The molecule has 3 N–H and O–H groups in total. The van der Waals surface area contributed by atoms with E-state index in [4.69, 9.17) is 10.1 Å². The molecule has 0 radical (unpaired) electrons. The van der Waals surface area contributed by atoms with Gasteiger partial charge in [-0.15, -0.1) is 0 Å². The number of nitrogens with zero attached hydrogens (tertiary/aromatic N) is 1. The first-order valence-corrected chi connectivity index (χ1v) is 10.2. The Morgan fingerprint density at radius 3 is 2.45 bits per heavy atom. The predicted octanol–water partition coefficient (Wildman–Crippen LogP) is 4.76. The van der Waals surface area contributed by atoms with Crippen LogP contribution in [0.5, 0.6) is 0 Å². The number of aliphatic hydroxyl groups is 2. The maximum atomic E-state index is 14.8. The summed E-state index contributed by atoms with van der Waals surface area (Å²) in [4.78, 5) is 15.5. The molecule has 0 fully saturated rings. The van der Waals surface area contributed by atoms with Gasteiger partial charge < -0.3 is 15.3 Å². The van der Waals surface area contributed by atoms with E-state index in [0.29, 0.717) is 16.7 Å². The van der Waals surface area contributed by atoms with E-state index < -0.39 is 24.6 Å². The Balaban J connectivity index is 2.15. The molecule has 0 amide bonds. The third kappa shape index (κ3) is 5.34. The number of halogens is 1. The molecule has 0 aliphatic carbocycles. The van der Waals surface area contributed by atoms with Crippen LogP contribution in [0.4, 0.5) is 4.39 Å². The minimum Gasteiger partial charge on any atom is -0.481 e. The van der Waals surface area contributed by atoms with Gasteiger partial charge >= 0.3 is 5.97 Å². The van der Waals surface area contributed by atoms with Crippen LogP contribution in [0.15, 0.2) is 54.6 Å². The molecule has 1 aromatic heterocycles. The van der Waals surface area contributed by atoms with Crippen molar-refractivity contribution >= 4 is 22.9 Å². The molecule has 2 atom stereocenters. The molecule has 0 spiro atoms. The largest absolute Gasteiger partial charge is 0.481 e. The number of hydrogen-bond acceptors (Lipinski definition) is 4. The molecule has 0 bridgehead atoms. The second kappa shape index (κ2) is 9.81. The average molecular weight is 423 g/mol. The fourth-order valence-electron chi connectivity index (χ4n) is 3.66. The second-order valence-electron chi connectivity index (χ2n) is 7.85. The summed E-state index contributed by atoms with van der Waals surface area (Å²) in [6.07, 6.45) is 0.398. The van der Waals surface area contributed by atoms with E-state index in [2.05, 4.69) is 0 Å². The highest BCUT2D eigenvalue weighted by molar-refractivity contribution is 5.99. The number of para-hydroxylation sites is 1. The summed E-state index contributed by atoms with van der Waals surface area (Å²) in [5.41, 5.74) is 3.31. The molecule has 0 saturated heterocycles. The first-order valence-electron chi connectivity index (χ1n) is 10.2. The van der Waals surface area contributed by atoms with Crippen molar-refractivity contribution in [3.05, 3.63) is 71.7 Å². The maximum absolute atomic E-state index is 14.8. The van der Waals surface area contributed by atoms with Gasteiger partial charge in [-0.3, -0.25) is 9.78 Å². The van der Waals surface area contributed by atoms with Crippen molar-refractivity contribution in [1.82, 2.24) is 4.98 Å². The number of benzene rings is 2. The molecular weight excluding hydrogens is 397 g/mol. The van der Waals surface area contributed by atoms with Crippen molar-refractivity contribution in [3.8, 4) is 11.1 Å². The lowest BCUT2D eigenvalue weighted by molar-refractivity contribution is -0.139. The van der Waals surface area contributed by atoms with E-state index in [1.165, 1.54) is 12.1 Å². The van der Waals surface area contributed by atoms with Gasteiger partial charge in [-0.1, -0.05) is 62.4 Å². The van der Waals surface area contributed by atoms with Crippen LogP contribution in [0.1, 0.15) is 43.9 Å². The average Bonchev–Trinajstić information content (AvgIpc) is 2.71. The van der Waals surface area contributed by atoms with Crippen LogP contribution in [0, 0.1) is 5.82 Å². The number of aromatic nitrogens is 1. The molecule has 2 unspecified atom stereocenters. The van der Waals surface area contributed by atoms with Crippen LogP contribution < -0.4 is 0 Å². The van der Waals surface area contributed by atoms with Crippen LogP contribution in [0.3, 0.4) is 0 Å². The monoisotopic (exact) mass is 423 g/mol. The maximum Gasteiger partial charge on any atom is 0.305 e. The number of rotatable bonds is 8.